The number of hydrogen-bond acceptors (Lipinski definition) is 11. The quantitative estimate of drug-likeness (QED) is 0.298. The second kappa shape index (κ2) is 11.1. The Bertz CT molecular complexity index is 1130. The summed E-state index contributed by atoms with van der Waals surface area (Å²) in [5.74, 6) is -0.300. The number of Topliss-reactive ketones (excluding diaryl/α,β-unsaturated/α-hetero) is 1. The highest BCUT2D eigenvalue weighted by atomic mass is 16.5. The molecule has 5 rings (SSSR count). The molecule has 1 aliphatic carbocycles. The van der Waals surface area contributed by atoms with Crippen molar-refractivity contribution in [3.8, 4) is 0 Å². The van der Waals surface area contributed by atoms with E-state index in [1.54, 1.807) is 14.7 Å². The highest BCUT2D eigenvalue weighted by Crippen LogP contribution is 2.46. The molecule has 2 spiro atoms. The SMILES string of the molecule is CC(O)C(N)C(=O)N1C(C)CCC12CCC2=O.CC(O)C(N)C(=O)N1C(C)CCC12CN(Cc1ncno1)C2=O. The second-order valence-electron chi connectivity index (χ2n) is 11.7. The van der Waals surface area contributed by atoms with Gasteiger partial charge in [0.15, 0.2) is 12.1 Å². The molecule has 14 nitrogen and oxygen atoms in total. The number of aromatic nitrogens is 2. The molecule has 4 heterocycles. The Morgan fingerprint density at radius 3 is 1.93 bits per heavy atom. The highest BCUT2D eigenvalue weighted by molar-refractivity contribution is 6.00. The summed E-state index contributed by atoms with van der Waals surface area (Å²) in [4.78, 5) is 58.0. The Balaban J connectivity index is 0.000000194. The van der Waals surface area contributed by atoms with Gasteiger partial charge in [0, 0.05) is 18.5 Å². The van der Waals surface area contributed by atoms with Crippen LogP contribution in [0.25, 0.3) is 0 Å². The fourth-order valence-electron chi connectivity index (χ4n) is 6.44. The highest BCUT2D eigenvalue weighted by Gasteiger charge is 2.62. The summed E-state index contributed by atoms with van der Waals surface area (Å²) in [6.45, 7) is 7.46. The monoisotopic (exact) mass is 563 g/mol. The summed E-state index contributed by atoms with van der Waals surface area (Å²) >= 11 is 0. The van der Waals surface area contributed by atoms with Crippen LogP contribution in [0.4, 0.5) is 0 Å². The van der Waals surface area contributed by atoms with Gasteiger partial charge in [0.2, 0.25) is 17.7 Å². The first-order valence-electron chi connectivity index (χ1n) is 13.9. The largest absolute Gasteiger partial charge is 0.391 e. The molecule has 1 aromatic heterocycles. The average molecular weight is 564 g/mol. The molecule has 1 saturated carbocycles. The van der Waals surface area contributed by atoms with Crippen molar-refractivity contribution in [2.45, 2.75) is 120 Å². The van der Waals surface area contributed by atoms with E-state index in [9.17, 15) is 29.4 Å². The molecule has 0 radical (unpaired) electrons. The number of aliphatic hydroxyl groups excluding tert-OH is 2. The third kappa shape index (κ3) is 4.91. The lowest BCUT2D eigenvalue weighted by molar-refractivity contribution is -0.172. The van der Waals surface area contributed by atoms with Gasteiger partial charge in [-0.1, -0.05) is 5.16 Å². The van der Waals surface area contributed by atoms with Crippen LogP contribution in [0, 0.1) is 0 Å². The van der Waals surface area contributed by atoms with Gasteiger partial charge in [-0.05, 0) is 59.8 Å². The fraction of sp³-hybridized carbons (Fsp3) is 0.769. The van der Waals surface area contributed by atoms with Gasteiger partial charge in [-0.3, -0.25) is 19.2 Å². The molecule has 40 heavy (non-hydrogen) atoms. The third-order valence-electron chi connectivity index (χ3n) is 9.00. The summed E-state index contributed by atoms with van der Waals surface area (Å²) in [5.41, 5.74) is 10.0. The van der Waals surface area contributed by atoms with E-state index in [2.05, 4.69) is 10.1 Å². The standard InChI is InChI=1S/C14H21N5O4.C12H20N2O3/c1-8-3-4-14(19(8)12(21)11(15)9(2)20)6-18(13(14)22)5-10-16-7-17-23-10;1-7-3-5-12(6-4-9(12)16)14(7)11(17)10(13)8(2)15/h7-9,11,20H,3-6,15H2,1-2H3;7-8,10,15H,3-6,13H2,1-2H3. The smallest absolute Gasteiger partial charge is 0.250 e. The first-order valence-corrected chi connectivity index (χ1v) is 13.9. The molecule has 6 N–H and O–H groups in total. The zero-order valence-corrected chi connectivity index (χ0v) is 23.5. The number of β-lactam (4-membered cyclic amide) rings is 1. The number of carbonyl (C=O) groups is 4. The molecule has 8 unspecified atom stereocenters. The van der Waals surface area contributed by atoms with Gasteiger partial charge in [0.25, 0.3) is 5.91 Å². The van der Waals surface area contributed by atoms with Gasteiger partial charge < -0.3 is 40.9 Å². The molecule has 0 bridgehead atoms. The summed E-state index contributed by atoms with van der Waals surface area (Å²) in [6, 6.07) is -2.00. The maximum Gasteiger partial charge on any atom is 0.250 e. The molecule has 1 aromatic rings. The maximum atomic E-state index is 12.7. The van der Waals surface area contributed by atoms with Crippen molar-refractivity contribution in [3.05, 3.63) is 12.2 Å². The third-order valence-corrected chi connectivity index (χ3v) is 9.00. The Labute approximate surface area is 233 Å². The number of nitrogens with two attached hydrogens (primary N) is 2. The average Bonchev–Trinajstić information content (AvgIpc) is 3.65. The van der Waals surface area contributed by atoms with E-state index in [0.717, 1.165) is 25.7 Å². The lowest BCUT2D eigenvalue weighted by Gasteiger charge is -2.52. The first kappa shape index (κ1) is 30.0. The van der Waals surface area contributed by atoms with E-state index in [-0.39, 0.29) is 42.1 Å². The van der Waals surface area contributed by atoms with Crippen molar-refractivity contribution in [1.82, 2.24) is 24.8 Å². The van der Waals surface area contributed by atoms with Crippen LogP contribution < -0.4 is 11.5 Å². The summed E-state index contributed by atoms with van der Waals surface area (Å²) in [7, 11) is 0. The van der Waals surface area contributed by atoms with Gasteiger partial charge in [-0.25, -0.2) is 0 Å². The molecular formula is C26H41N7O7. The van der Waals surface area contributed by atoms with Crippen LogP contribution in [0.3, 0.4) is 0 Å². The van der Waals surface area contributed by atoms with Crippen molar-refractivity contribution in [3.63, 3.8) is 0 Å². The molecule has 8 atom stereocenters. The van der Waals surface area contributed by atoms with Crippen LogP contribution in [0.2, 0.25) is 0 Å². The van der Waals surface area contributed by atoms with E-state index in [4.69, 9.17) is 16.0 Å². The van der Waals surface area contributed by atoms with Crippen molar-refractivity contribution in [2.24, 2.45) is 11.5 Å². The van der Waals surface area contributed by atoms with Crippen LogP contribution in [0.1, 0.15) is 72.1 Å². The zero-order chi connectivity index (χ0) is 29.6. The molecule has 222 valence electrons. The molecule has 3 amide bonds. The van der Waals surface area contributed by atoms with Gasteiger partial charge in [0.05, 0.1) is 18.8 Å². The van der Waals surface area contributed by atoms with Crippen molar-refractivity contribution in [2.75, 3.05) is 6.54 Å². The zero-order valence-electron chi connectivity index (χ0n) is 23.5. The number of likely N-dealkylation sites (tertiary alicyclic amines) is 3. The Hall–Kier alpha value is -2.94. The van der Waals surface area contributed by atoms with E-state index >= 15 is 0 Å². The molecule has 14 heteroatoms. The number of rotatable bonds is 6. The van der Waals surface area contributed by atoms with Crippen LogP contribution in [-0.4, -0.2) is 113 Å². The number of aliphatic hydroxyl groups is 2. The lowest BCUT2D eigenvalue weighted by atomic mass is 9.73. The number of amides is 3. The Morgan fingerprint density at radius 2 is 1.52 bits per heavy atom. The normalized spacial score (nSPS) is 32.4. The molecule has 4 aliphatic rings. The minimum atomic E-state index is -1.02. The minimum absolute atomic E-state index is 0.0385. The fourth-order valence-corrected chi connectivity index (χ4v) is 6.44. The van der Waals surface area contributed by atoms with E-state index < -0.39 is 35.4 Å². The van der Waals surface area contributed by atoms with Gasteiger partial charge in [0.1, 0.15) is 29.7 Å². The van der Waals surface area contributed by atoms with Crippen LogP contribution in [0.15, 0.2) is 10.9 Å². The van der Waals surface area contributed by atoms with Gasteiger partial charge >= 0.3 is 0 Å². The van der Waals surface area contributed by atoms with Crippen LogP contribution >= 0.6 is 0 Å². The molecule has 4 fully saturated rings. The number of hydrogen-bond donors (Lipinski definition) is 4. The number of ketones is 1. The van der Waals surface area contributed by atoms with E-state index in [0.29, 0.717) is 25.3 Å². The number of carbonyl (C=O) groups excluding carboxylic acids is 4. The Kier molecular flexibility index (Phi) is 8.37. The second-order valence-corrected chi connectivity index (χ2v) is 11.7. The molecule has 0 aromatic carbocycles. The van der Waals surface area contributed by atoms with Crippen molar-refractivity contribution >= 4 is 23.5 Å². The molecule has 3 aliphatic heterocycles. The molecule has 3 saturated heterocycles. The molecular weight excluding hydrogens is 522 g/mol. The van der Waals surface area contributed by atoms with Crippen molar-refractivity contribution in [1.29, 1.82) is 0 Å². The summed E-state index contributed by atoms with van der Waals surface area (Å²) in [6.07, 6.45) is 3.65. The first-order chi connectivity index (χ1) is 18.8. The van der Waals surface area contributed by atoms with Crippen LogP contribution in [0.5, 0.6) is 0 Å². The van der Waals surface area contributed by atoms with Gasteiger partial charge in [-0.2, -0.15) is 4.98 Å². The Morgan fingerprint density at radius 1 is 1.00 bits per heavy atom. The maximum absolute atomic E-state index is 12.7. The van der Waals surface area contributed by atoms with E-state index in [1.165, 1.54) is 20.2 Å². The predicted octanol–water partition coefficient (Wildman–Crippen LogP) is -1.32. The van der Waals surface area contributed by atoms with Gasteiger partial charge in [-0.15, -0.1) is 0 Å². The van der Waals surface area contributed by atoms with Crippen molar-refractivity contribution < 1.29 is 33.9 Å². The predicted molar refractivity (Wildman–Crippen MR) is 140 cm³/mol. The topological polar surface area (TPSA) is 209 Å². The minimum Gasteiger partial charge on any atom is -0.391 e. The van der Waals surface area contributed by atoms with Crippen LogP contribution in [-0.2, 0) is 25.7 Å². The summed E-state index contributed by atoms with van der Waals surface area (Å²) in [5, 5.41) is 22.5. The van der Waals surface area contributed by atoms with E-state index in [1.807, 2.05) is 13.8 Å². The summed E-state index contributed by atoms with van der Waals surface area (Å²) < 4.78 is 4.92. The lowest BCUT2D eigenvalue weighted by Crippen LogP contribution is -2.74. The number of nitrogens with zero attached hydrogens (tertiary/aromatic N) is 5.